The number of benzene rings is 1. The van der Waals surface area contributed by atoms with Gasteiger partial charge in [0.25, 0.3) is 0 Å². The summed E-state index contributed by atoms with van der Waals surface area (Å²) < 4.78 is 5.56. The van der Waals surface area contributed by atoms with Gasteiger partial charge >= 0.3 is 5.97 Å². The minimum Gasteiger partial charge on any atom is -0.508 e. The van der Waals surface area contributed by atoms with Crippen LogP contribution in [0.1, 0.15) is 56.9 Å². The van der Waals surface area contributed by atoms with Crippen LogP contribution in [0.5, 0.6) is 11.5 Å². The second-order valence-electron chi connectivity index (χ2n) is 10.7. The maximum atomic E-state index is 13.7. The van der Waals surface area contributed by atoms with Crippen LogP contribution in [0.2, 0.25) is 0 Å². The van der Waals surface area contributed by atoms with Crippen LogP contribution in [-0.2, 0) is 24.0 Å². The molecule has 4 atom stereocenters. The fourth-order valence-corrected chi connectivity index (χ4v) is 6.68. The van der Waals surface area contributed by atoms with Crippen LogP contribution in [-0.4, -0.2) is 58.1 Å². The van der Waals surface area contributed by atoms with E-state index in [1.54, 1.807) is 13.0 Å². The maximum absolute atomic E-state index is 13.7. The molecular formula is C30H31NO8. The van der Waals surface area contributed by atoms with E-state index in [1.807, 2.05) is 6.08 Å². The van der Waals surface area contributed by atoms with E-state index in [0.29, 0.717) is 53.7 Å². The van der Waals surface area contributed by atoms with Gasteiger partial charge in [0.2, 0.25) is 11.8 Å². The molecule has 39 heavy (non-hydrogen) atoms. The molecular weight excluding hydrogens is 502 g/mol. The molecule has 1 fully saturated rings. The number of unbranched alkanes of at least 4 members (excludes halogenated alkanes) is 2. The Bertz CT molecular complexity index is 1380. The molecule has 0 spiro atoms. The van der Waals surface area contributed by atoms with Crippen molar-refractivity contribution in [3.05, 3.63) is 58.2 Å². The van der Waals surface area contributed by atoms with Crippen molar-refractivity contribution in [1.29, 1.82) is 0 Å². The number of Topliss-reactive ketones (excluding diaryl/α,β-unsaturated/α-hetero) is 1. The minimum absolute atomic E-state index is 0.00722. The number of aliphatic carboxylic acids is 1. The molecule has 1 aliphatic heterocycles. The van der Waals surface area contributed by atoms with Crippen molar-refractivity contribution in [1.82, 2.24) is 4.90 Å². The molecule has 9 nitrogen and oxygen atoms in total. The first-order valence-corrected chi connectivity index (χ1v) is 13.3. The third-order valence-corrected chi connectivity index (χ3v) is 8.45. The van der Waals surface area contributed by atoms with Crippen LogP contribution in [0.4, 0.5) is 0 Å². The first-order valence-electron chi connectivity index (χ1n) is 13.3. The van der Waals surface area contributed by atoms with Gasteiger partial charge in [-0.3, -0.25) is 28.9 Å². The Labute approximate surface area is 225 Å². The third kappa shape index (κ3) is 4.49. The number of carboxylic acid groups (broad SMARTS) is 1. The number of amides is 2. The number of fused-ring (bicyclic) bond motifs is 3. The maximum Gasteiger partial charge on any atom is 0.303 e. The molecule has 3 aliphatic carbocycles. The molecule has 5 rings (SSSR count). The molecule has 1 saturated heterocycles. The fourth-order valence-electron chi connectivity index (χ4n) is 6.68. The van der Waals surface area contributed by atoms with E-state index in [9.17, 15) is 29.1 Å². The van der Waals surface area contributed by atoms with Crippen LogP contribution in [0.25, 0.3) is 0 Å². The van der Waals surface area contributed by atoms with Gasteiger partial charge in [0.1, 0.15) is 11.5 Å². The molecule has 1 aromatic rings. The van der Waals surface area contributed by atoms with Gasteiger partial charge in [-0.15, -0.1) is 0 Å². The summed E-state index contributed by atoms with van der Waals surface area (Å²) in [6.07, 6.45) is 5.46. The van der Waals surface area contributed by atoms with E-state index in [2.05, 4.69) is 0 Å². The second kappa shape index (κ2) is 10.3. The smallest absolute Gasteiger partial charge is 0.303 e. The summed E-state index contributed by atoms with van der Waals surface area (Å²) in [7, 11) is 1.46. The molecule has 9 heteroatoms. The van der Waals surface area contributed by atoms with E-state index in [0.717, 1.165) is 5.57 Å². The van der Waals surface area contributed by atoms with E-state index in [4.69, 9.17) is 9.84 Å². The number of imide groups is 1. The average molecular weight is 534 g/mol. The quantitative estimate of drug-likeness (QED) is 0.224. The summed E-state index contributed by atoms with van der Waals surface area (Å²) in [5.74, 6) is -3.82. The van der Waals surface area contributed by atoms with Gasteiger partial charge in [-0.25, -0.2) is 0 Å². The number of methoxy groups -OCH3 is 1. The monoisotopic (exact) mass is 533 g/mol. The summed E-state index contributed by atoms with van der Waals surface area (Å²) in [5.41, 5.74) is 2.50. The van der Waals surface area contributed by atoms with Gasteiger partial charge < -0.3 is 14.9 Å². The molecule has 0 bridgehead atoms. The first kappa shape index (κ1) is 26.6. The molecule has 0 aromatic heterocycles. The lowest BCUT2D eigenvalue weighted by Crippen LogP contribution is -2.40. The zero-order chi connectivity index (χ0) is 28.0. The lowest BCUT2D eigenvalue weighted by molar-refractivity contribution is -0.141. The Morgan fingerprint density at radius 3 is 2.56 bits per heavy atom. The Hall–Kier alpha value is -4.01. The lowest BCUT2D eigenvalue weighted by Gasteiger charge is -2.42. The van der Waals surface area contributed by atoms with Crippen LogP contribution in [0.3, 0.4) is 0 Å². The molecule has 0 radical (unpaired) electrons. The number of phenols is 1. The SMILES string of the molecule is COc1cc(O)ccc1[C@H]1C2=CC[C@@H]3C(=O)N(CCCCCC(=O)O)C(=O)[C@@H]3[C@@H]2CC2=C1C(=O)C=C(C)C2=O. The molecule has 1 heterocycles. The second-order valence-corrected chi connectivity index (χ2v) is 10.7. The topological polar surface area (TPSA) is 138 Å². The van der Waals surface area contributed by atoms with E-state index >= 15 is 0 Å². The van der Waals surface area contributed by atoms with E-state index in [-0.39, 0.29) is 48.5 Å². The van der Waals surface area contributed by atoms with Crippen LogP contribution < -0.4 is 4.74 Å². The van der Waals surface area contributed by atoms with Gasteiger partial charge in [0, 0.05) is 47.2 Å². The summed E-state index contributed by atoms with van der Waals surface area (Å²) in [4.78, 5) is 65.8. The Kier molecular flexibility index (Phi) is 7.01. The number of ketones is 2. The van der Waals surface area contributed by atoms with Gasteiger partial charge in [-0.05, 0) is 50.7 Å². The van der Waals surface area contributed by atoms with E-state index < -0.39 is 29.6 Å². The molecule has 1 aromatic carbocycles. The van der Waals surface area contributed by atoms with Gasteiger partial charge in [-0.2, -0.15) is 0 Å². The van der Waals surface area contributed by atoms with Crippen molar-refractivity contribution in [2.24, 2.45) is 17.8 Å². The number of carbonyl (C=O) groups excluding carboxylic acids is 4. The number of ether oxygens (including phenoxy) is 1. The number of carbonyl (C=O) groups is 5. The fraction of sp³-hybridized carbons (Fsp3) is 0.433. The normalized spacial score (nSPS) is 26.2. The van der Waals surface area contributed by atoms with Crippen LogP contribution in [0.15, 0.2) is 52.6 Å². The highest BCUT2D eigenvalue weighted by atomic mass is 16.5. The summed E-state index contributed by atoms with van der Waals surface area (Å²) in [5, 5.41) is 18.9. The predicted molar refractivity (Wildman–Crippen MR) is 139 cm³/mol. The van der Waals surface area contributed by atoms with Crippen molar-refractivity contribution in [2.75, 3.05) is 13.7 Å². The number of likely N-dealkylation sites (tertiary alicyclic amines) is 1. The highest BCUT2D eigenvalue weighted by Gasteiger charge is 2.56. The number of aromatic hydroxyl groups is 1. The zero-order valence-corrected chi connectivity index (χ0v) is 21.9. The Morgan fingerprint density at radius 2 is 1.85 bits per heavy atom. The van der Waals surface area contributed by atoms with Crippen molar-refractivity contribution in [2.45, 2.75) is 51.4 Å². The summed E-state index contributed by atoms with van der Waals surface area (Å²) in [6, 6.07) is 4.63. The standard InChI is InChI=1S/C30H31NO8/c1-15-12-22(33)27-21(28(15)36)14-20-17(25(27)18-8-7-16(32)13-23(18)39-2)9-10-19-26(20)30(38)31(29(19)37)11-5-3-4-6-24(34)35/h7-9,12-13,19-20,25-26,32H,3-6,10-11,14H2,1-2H3,(H,34,35)/t19-,20+,25+,26-/m0/s1. The number of carboxylic acids is 1. The van der Waals surface area contributed by atoms with Gasteiger partial charge in [-0.1, -0.05) is 24.1 Å². The zero-order valence-electron chi connectivity index (χ0n) is 21.9. The van der Waals surface area contributed by atoms with E-state index in [1.165, 1.54) is 30.2 Å². The van der Waals surface area contributed by atoms with Crippen molar-refractivity contribution < 1.29 is 38.9 Å². The molecule has 2 N–H and O–H groups in total. The van der Waals surface area contributed by atoms with Gasteiger partial charge in [0.15, 0.2) is 11.6 Å². The first-order chi connectivity index (χ1) is 18.6. The molecule has 0 unspecified atom stereocenters. The number of hydrogen-bond donors (Lipinski definition) is 2. The van der Waals surface area contributed by atoms with Crippen LogP contribution in [0, 0.1) is 17.8 Å². The number of rotatable bonds is 8. The van der Waals surface area contributed by atoms with Gasteiger partial charge in [0.05, 0.1) is 18.9 Å². The highest BCUT2D eigenvalue weighted by Crippen LogP contribution is 2.56. The highest BCUT2D eigenvalue weighted by molar-refractivity contribution is 6.23. The molecule has 204 valence electrons. The summed E-state index contributed by atoms with van der Waals surface area (Å²) in [6.45, 7) is 1.83. The Balaban J connectivity index is 1.52. The van der Waals surface area contributed by atoms with Crippen molar-refractivity contribution in [3.63, 3.8) is 0 Å². The lowest BCUT2D eigenvalue weighted by atomic mass is 9.59. The number of nitrogens with zero attached hydrogens (tertiary/aromatic N) is 1. The average Bonchev–Trinajstić information content (AvgIpc) is 3.15. The summed E-state index contributed by atoms with van der Waals surface area (Å²) >= 11 is 0. The minimum atomic E-state index is -0.875. The molecule has 0 saturated carbocycles. The predicted octanol–water partition coefficient (Wildman–Crippen LogP) is 3.48. The number of allylic oxidation sites excluding steroid dienone is 6. The number of phenolic OH excluding ortho intramolecular Hbond substituents is 1. The number of hydrogen-bond acceptors (Lipinski definition) is 7. The largest absolute Gasteiger partial charge is 0.508 e. The third-order valence-electron chi connectivity index (χ3n) is 8.45. The van der Waals surface area contributed by atoms with Crippen LogP contribution >= 0.6 is 0 Å². The van der Waals surface area contributed by atoms with Crippen molar-refractivity contribution in [3.8, 4) is 11.5 Å². The Morgan fingerprint density at radius 1 is 1.08 bits per heavy atom. The molecule has 4 aliphatic rings. The molecule has 2 amide bonds. The van der Waals surface area contributed by atoms with Crippen molar-refractivity contribution >= 4 is 29.4 Å².